The van der Waals surface area contributed by atoms with Crippen molar-refractivity contribution in [3.05, 3.63) is 59.7 Å². The number of nitrogens with two attached hydrogens (primary N) is 3. The van der Waals surface area contributed by atoms with Crippen LogP contribution in [0.4, 0.5) is 0 Å². The molecular weight excluding hydrogens is 518 g/mol. The summed E-state index contributed by atoms with van der Waals surface area (Å²) in [5.41, 5.74) is 20.8. The van der Waals surface area contributed by atoms with E-state index >= 15 is 0 Å². The minimum atomic E-state index is -0.996. The van der Waals surface area contributed by atoms with Crippen LogP contribution in [0.5, 0.6) is 0 Å². The molecule has 40 heavy (non-hydrogen) atoms. The first-order valence-corrected chi connectivity index (χ1v) is 13.4. The number of esters is 1. The Morgan fingerprint density at radius 3 is 1.82 bits per heavy atom. The molecule has 0 heterocycles. The number of benzene rings is 2. The lowest BCUT2D eigenvalue weighted by Gasteiger charge is -2.16. The largest absolute Gasteiger partial charge is 0.481 e. The molecule has 0 spiro atoms. The van der Waals surface area contributed by atoms with Gasteiger partial charge in [0.2, 0.25) is 5.91 Å². The monoisotopic (exact) mass is 559 g/mol. The standard InChI is InChI=1S/C25H34N2O5.C4H7NO3/c26-11-5-12-29-14-16-31-17-15-30-13-10-24(27)25(28)32-18-23-21-8-3-1-6-19(21)20-7-2-4-9-22(20)23;5-3(6)1-2-4(7)8/h1-4,6-9,23-24H,5,10-18,26-27H2;1-2H2,(H2,5,6)(H,7,8). The van der Waals surface area contributed by atoms with Crippen molar-refractivity contribution in [3.63, 3.8) is 0 Å². The number of carbonyl (C=O) groups is 3. The van der Waals surface area contributed by atoms with Crippen molar-refractivity contribution in [2.24, 2.45) is 17.2 Å². The lowest BCUT2D eigenvalue weighted by molar-refractivity contribution is -0.146. The Morgan fingerprint density at radius 2 is 1.32 bits per heavy atom. The highest BCUT2D eigenvalue weighted by atomic mass is 16.5. The zero-order valence-corrected chi connectivity index (χ0v) is 22.8. The van der Waals surface area contributed by atoms with Gasteiger partial charge in [-0.05, 0) is 41.6 Å². The summed E-state index contributed by atoms with van der Waals surface area (Å²) in [5, 5.41) is 7.95. The summed E-state index contributed by atoms with van der Waals surface area (Å²) in [6.07, 6.45) is 1.01. The minimum Gasteiger partial charge on any atom is -0.481 e. The second-order valence-corrected chi connectivity index (χ2v) is 9.09. The molecule has 0 saturated heterocycles. The number of carboxylic acids is 1. The molecule has 0 fully saturated rings. The molecular formula is C29H41N3O8. The third-order valence-electron chi connectivity index (χ3n) is 6.05. The van der Waals surface area contributed by atoms with Gasteiger partial charge >= 0.3 is 11.9 Å². The first-order chi connectivity index (χ1) is 19.3. The van der Waals surface area contributed by atoms with Crippen molar-refractivity contribution < 1.29 is 38.4 Å². The Labute approximate surface area is 234 Å². The molecule has 0 radical (unpaired) electrons. The van der Waals surface area contributed by atoms with Crippen molar-refractivity contribution in [1.29, 1.82) is 0 Å². The fourth-order valence-corrected chi connectivity index (χ4v) is 4.00. The van der Waals surface area contributed by atoms with Gasteiger partial charge in [0.25, 0.3) is 0 Å². The second-order valence-electron chi connectivity index (χ2n) is 9.09. The smallest absolute Gasteiger partial charge is 0.323 e. The van der Waals surface area contributed by atoms with Crippen LogP contribution < -0.4 is 17.2 Å². The molecule has 1 aliphatic rings. The fraction of sp³-hybridized carbons (Fsp3) is 0.483. The van der Waals surface area contributed by atoms with E-state index in [1.807, 2.05) is 24.3 Å². The van der Waals surface area contributed by atoms with E-state index in [0.29, 0.717) is 52.6 Å². The average Bonchev–Trinajstić information content (AvgIpc) is 3.27. The number of primary amides is 1. The Balaban J connectivity index is 0.000000611. The summed E-state index contributed by atoms with van der Waals surface area (Å²) in [6.45, 7) is 3.93. The van der Waals surface area contributed by atoms with Gasteiger partial charge in [0.05, 0.1) is 32.8 Å². The van der Waals surface area contributed by atoms with Crippen LogP contribution in [-0.2, 0) is 33.3 Å². The minimum absolute atomic E-state index is 0.0336. The van der Waals surface area contributed by atoms with Crippen LogP contribution in [0, 0.1) is 0 Å². The maximum Gasteiger partial charge on any atom is 0.323 e. The van der Waals surface area contributed by atoms with Crippen LogP contribution in [0.25, 0.3) is 11.1 Å². The number of rotatable bonds is 18. The number of amides is 1. The summed E-state index contributed by atoms with van der Waals surface area (Å²) in [4.78, 5) is 31.9. The predicted molar refractivity (Wildman–Crippen MR) is 149 cm³/mol. The molecule has 0 saturated carbocycles. The second kappa shape index (κ2) is 18.9. The van der Waals surface area contributed by atoms with Gasteiger partial charge < -0.3 is 41.3 Å². The van der Waals surface area contributed by atoms with E-state index in [0.717, 1.165) is 6.42 Å². The van der Waals surface area contributed by atoms with Crippen molar-refractivity contribution >= 4 is 17.8 Å². The summed E-state index contributed by atoms with van der Waals surface area (Å²) in [6, 6.07) is 15.8. The molecule has 1 aliphatic carbocycles. The SMILES string of the molecule is NC(=O)CCC(=O)O.NCCCOCCOCCOCCC(N)C(=O)OCC1c2ccccc2-c2ccccc21. The van der Waals surface area contributed by atoms with Gasteiger partial charge in [-0.1, -0.05) is 48.5 Å². The quantitative estimate of drug-likeness (QED) is 0.155. The van der Waals surface area contributed by atoms with E-state index in [-0.39, 0.29) is 25.4 Å². The molecule has 1 unspecified atom stereocenters. The molecule has 2 aromatic rings. The molecule has 220 valence electrons. The number of hydrogen-bond donors (Lipinski definition) is 4. The van der Waals surface area contributed by atoms with Gasteiger partial charge in [0, 0.05) is 25.6 Å². The highest BCUT2D eigenvalue weighted by Gasteiger charge is 2.29. The number of aliphatic carboxylic acids is 1. The Hall–Kier alpha value is -3.35. The van der Waals surface area contributed by atoms with Gasteiger partial charge in [0.1, 0.15) is 12.6 Å². The maximum absolute atomic E-state index is 12.4. The normalized spacial score (nSPS) is 12.6. The van der Waals surface area contributed by atoms with Gasteiger partial charge in [-0.15, -0.1) is 0 Å². The van der Waals surface area contributed by atoms with E-state index < -0.39 is 23.9 Å². The van der Waals surface area contributed by atoms with Crippen molar-refractivity contribution in [3.8, 4) is 11.1 Å². The third kappa shape index (κ3) is 11.8. The number of carboxylic acid groups (broad SMARTS) is 1. The molecule has 0 aromatic heterocycles. The molecule has 1 amide bonds. The van der Waals surface area contributed by atoms with E-state index in [4.69, 9.17) is 35.5 Å². The lowest BCUT2D eigenvalue weighted by atomic mass is 9.98. The summed E-state index contributed by atoms with van der Waals surface area (Å²) in [5.74, 6) is -1.94. The van der Waals surface area contributed by atoms with Gasteiger partial charge in [0.15, 0.2) is 0 Å². The van der Waals surface area contributed by atoms with Crippen LogP contribution in [0.2, 0.25) is 0 Å². The van der Waals surface area contributed by atoms with Crippen LogP contribution in [-0.4, -0.2) is 81.8 Å². The van der Waals surface area contributed by atoms with Gasteiger partial charge in [-0.2, -0.15) is 0 Å². The molecule has 11 heteroatoms. The first-order valence-electron chi connectivity index (χ1n) is 13.4. The average molecular weight is 560 g/mol. The predicted octanol–water partition coefficient (Wildman–Crippen LogP) is 1.79. The van der Waals surface area contributed by atoms with Crippen LogP contribution >= 0.6 is 0 Å². The van der Waals surface area contributed by atoms with Crippen molar-refractivity contribution in [1.82, 2.24) is 0 Å². The topological polar surface area (TPSA) is 186 Å². The van der Waals surface area contributed by atoms with Gasteiger partial charge in [-0.25, -0.2) is 0 Å². The van der Waals surface area contributed by atoms with Gasteiger partial charge in [-0.3, -0.25) is 14.4 Å². The highest BCUT2D eigenvalue weighted by molar-refractivity contribution is 5.80. The molecule has 11 nitrogen and oxygen atoms in total. The fourth-order valence-electron chi connectivity index (χ4n) is 4.00. The van der Waals surface area contributed by atoms with Crippen molar-refractivity contribution in [2.45, 2.75) is 37.6 Å². The van der Waals surface area contributed by atoms with Crippen LogP contribution in [0.15, 0.2) is 48.5 Å². The van der Waals surface area contributed by atoms with E-state index in [1.165, 1.54) is 22.3 Å². The molecule has 3 rings (SSSR count). The maximum atomic E-state index is 12.4. The molecule has 0 aliphatic heterocycles. The van der Waals surface area contributed by atoms with Crippen molar-refractivity contribution in [2.75, 3.05) is 52.8 Å². The summed E-state index contributed by atoms with van der Waals surface area (Å²) in [7, 11) is 0. The Morgan fingerprint density at radius 1 is 0.800 bits per heavy atom. The summed E-state index contributed by atoms with van der Waals surface area (Å²) < 4.78 is 21.8. The summed E-state index contributed by atoms with van der Waals surface area (Å²) >= 11 is 0. The first kappa shape index (κ1) is 32.9. The molecule has 1 atom stereocenters. The van der Waals surface area contributed by atoms with Crippen LogP contribution in [0.3, 0.4) is 0 Å². The van der Waals surface area contributed by atoms with E-state index in [9.17, 15) is 14.4 Å². The lowest BCUT2D eigenvalue weighted by Crippen LogP contribution is -2.34. The molecule has 2 aromatic carbocycles. The number of hydrogen-bond acceptors (Lipinski definition) is 9. The van der Waals surface area contributed by atoms with Crippen LogP contribution in [0.1, 0.15) is 42.7 Å². The highest BCUT2D eigenvalue weighted by Crippen LogP contribution is 2.44. The Kier molecular flexibility index (Phi) is 15.5. The Bertz CT molecular complexity index is 1010. The number of ether oxygens (including phenoxy) is 4. The van der Waals surface area contributed by atoms with E-state index in [1.54, 1.807) is 0 Å². The molecule has 7 N–H and O–H groups in total. The molecule has 0 bridgehead atoms. The zero-order chi connectivity index (χ0) is 29.2. The zero-order valence-electron chi connectivity index (χ0n) is 22.8. The van der Waals surface area contributed by atoms with E-state index in [2.05, 4.69) is 30.0 Å². The third-order valence-corrected chi connectivity index (χ3v) is 6.05. The number of fused-ring (bicyclic) bond motifs is 3. The number of carbonyl (C=O) groups excluding carboxylic acids is 2.